The van der Waals surface area contributed by atoms with Gasteiger partial charge in [-0.3, -0.25) is 9.78 Å². The molecule has 31 heavy (non-hydrogen) atoms. The summed E-state index contributed by atoms with van der Waals surface area (Å²) in [7, 11) is 0. The highest BCUT2D eigenvalue weighted by atomic mass is 19.2. The highest BCUT2D eigenvalue weighted by Gasteiger charge is 2.16. The summed E-state index contributed by atoms with van der Waals surface area (Å²) in [6.07, 6.45) is 2.36. The molecule has 9 heteroatoms. The molecule has 3 rings (SSSR count). The number of amides is 1. The SMILES string of the molecule is CC(O/N=C(/N)c1cccc(OCc2cccnc2)c1)C(=O)Nc1ccc(F)c(F)c1. The van der Waals surface area contributed by atoms with Crippen LogP contribution in [-0.2, 0) is 16.2 Å². The Morgan fingerprint density at radius 2 is 2.00 bits per heavy atom. The van der Waals surface area contributed by atoms with Crippen molar-refractivity contribution in [2.75, 3.05) is 5.32 Å². The monoisotopic (exact) mass is 426 g/mol. The normalized spacial score (nSPS) is 12.2. The van der Waals surface area contributed by atoms with Crippen LogP contribution in [0.2, 0.25) is 0 Å². The molecule has 3 N–H and O–H groups in total. The molecular formula is C22H20F2N4O3. The molecule has 0 aliphatic heterocycles. The van der Waals surface area contributed by atoms with E-state index in [9.17, 15) is 13.6 Å². The Kier molecular flexibility index (Phi) is 7.10. The van der Waals surface area contributed by atoms with E-state index >= 15 is 0 Å². The van der Waals surface area contributed by atoms with Crippen LogP contribution in [0, 0.1) is 11.6 Å². The van der Waals surface area contributed by atoms with E-state index in [0.717, 1.165) is 17.7 Å². The van der Waals surface area contributed by atoms with Gasteiger partial charge in [-0.1, -0.05) is 23.4 Å². The maximum Gasteiger partial charge on any atom is 0.267 e. The lowest BCUT2D eigenvalue weighted by atomic mass is 10.2. The number of carbonyl (C=O) groups excluding carboxylic acids is 1. The maximum absolute atomic E-state index is 13.2. The molecule has 0 saturated heterocycles. The average molecular weight is 426 g/mol. The summed E-state index contributed by atoms with van der Waals surface area (Å²) in [5, 5.41) is 6.19. The molecule has 0 aliphatic carbocycles. The molecule has 0 aliphatic rings. The van der Waals surface area contributed by atoms with Gasteiger partial charge in [0.05, 0.1) is 0 Å². The molecular weight excluding hydrogens is 406 g/mol. The number of nitrogens with two attached hydrogens (primary N) is 1. The van der Waals surface area contributed by atoms with E-state index < -0.39 is 23.6 Å². The molecule has 0 saturated carbocycles. The number of rotatable bonds is 8. The predicted octanol–water partition coefficient (Wildman–Crippen LogP) is 3.60. The fourth-order valence-electron chi connectivity index (χ4n) is 2.45. The number of hydrogen-bond acceptors (Lipinski definition) is 5. The molecule has 1 heterocycles. The number of carbonyl (C=O) groups is 1. The van der Waals surface area contributed by atoms with Crippen LogP contribution in [0.25, 0.3) is 0 Å². The zero-order valence-corrected chi connectivity index (χ0v) is 16.6. The molecule has 7 nitrogen and oxygen atoms in total. The van der Waals surface area contributed by atoms with E-state index in [1.54, 1.807) is 36.7 Å². The molecule has 0 radical (unpaired) electrons. The Labute approximate surface area is 177 Å². The third-order valence-electron chi connectivity index (χ3n) is 4.12. The minimum Gasteiger partial charge on any atom is -0.489 e. The van der Waals surface area contributed by atoms with Crippen LogP contribution in [0.5, 0.6) is 5.75 Å². The lowest BCUT2D eigenvalue weighted by Crippen LogP contribution is -2.27. The van der Waals surface area contributed by atoms with Crippen molar-refractivity contribution in [3.8, 4) is 5.75 Å². The number of nitrogens with one attached hydrogen (secondary N) is 1. The number of hydrogen-bond donors (Lipinski definition) is 2. The molecule has 1 unspecified atom stereocenters. The first-order valence-corrected chi connectivity index (χ1v) is 9.29. The van der Waals surface area contributed by atoms with Gasteiger partial charge >= 0.3 is 0 Å². The van der Waals surface area contributed by atoms with Gasteiger partial charge in [0.1, 0.15) is 12.4 Å². The minimum atomic E-state index is -1.07. The van der Waals surface area contributed by atoms with Gasteiger partial charge in [-0.05, 0) is 37.3 Å². The van der Waals surface area contributed by atoms with Crippen LogP contribution in [0.15, 0.2) is 72.1 Å². The highest BCUT2D eigenvalue weighted by Crippen LogP contribution is 2.16. The van der Waals surface area contributed by atoms with Crippen molar-refractivity contribution in [1.29, 1.82) is 0 Å². The van der Waals surface area contributed by atoms with E-state index in [4.69, 9.17) is 15.3 Å². The first-order valence-electron chi connectivity index (χ1n) is 9.29. The van der Waals surface area contributed by atoms with E-state index in [0.29, 0.717) is 17.9 Å². The van der Waals surface area contributed by atoms with Crippen LogP contribution in [0.4, 0.5) is 14.5 Å². The van der Waals surface area contributed by atoms with Gasteiger partial charge in [0.15, 0.2) is 17.5 Å². The summed E-state index contributed by atoms with van der Waals surface area (Å²) in [6, 6.07) is 13.6. The Hall–Kier alpha value is -4.01. The largest absolute Gasteiger partial charge is 0.489 e. The second-order valence-electron chi connectivity index (χ2n) is 6.52. The zero-order chi connectivity index (χ0) is 22.2. The molecule has 2 aromatic carbocycles. The molecule has 1 amide bonds. The van der Waals surface area contributed by atoms with Crippen molar-refractivity contribution in [1.82, 2.24) is 4.98 Å². The van der Waals surface area contributed by atoms with Gasteiger partial charge in [-0.15, -0.1) is 0 Å². The Morgan fingerprint density at radius 1 is 1.16 bits per heavy atom. The Bertz CT molecular complexity index is 1080. The van der Waals surface area contributed by atoms with E-state index in [-0.39, 0.29) is 11.5 Å². The van der Waals surface area contributed by atoms with E-state index in [2.05, 4.69) is 15.5 Å². The summed E-state index contributed by atoms with van der Waals surface area (Å²) < 4.78 is 31.9. The van der Waals surface area contributed by atoms with Gasteiger partial charge in [-0.2, -0.15) is 0 Å². The smallest absolute Gasteiger partial charge is 0.267 e. The predicted molar refractivity (Wildman–Crippen MR) is 111 cm³/mol. The summed E-state index contributed by atoms with van der Waals surface area (Å²) in [4.78, 5) is 21.3. The average Bonchev–Trinajstić information content (AvgIpc) is 2.79. The molecule has 1 aromatic heterocycles. The molecule has 0 bridgehead atoms. The second kappa shape index (κ2) is 10.1. The number of halogens is 2. The molecule has 0 fully saturated rings. The van der Waals surface area contributed by atoms with E-state index in [1.807, 2.05) is 12.1 Å². The molecule has 160 valence electrons. The van der Waals surface area contributed by atoms with Gasteiger partial charge in [-0.25, -0.2) is 8.78 Å². The minimum absolute atomic E-state index is 0.0410. The number of nitrogens with zero attached hydrogens (tertiary/aromatic N) is 2. The molecule has 0 spiro atoms. The van der Waals surface area contributed by atoms with Crippen LogP contribution in [0.3, 0.4) is 0 Å². The Morgan fingerprint density at radius 3 is 2.74 bits per heavy atom. The summed E-state index contributed by atoms with van der Waals surface area (Å²) in [6.45, 7) is 1.78. The number of aromatic nitrogens is 1. The summed E-state index contributed by atoms with van der Waals surface area (Å²) >= 11 is 0. The Balaban J connectivity index is 1.57. The number of ether oxygens (including phenoxy) is 1. The lowest BCUT2D eigenvalue weighted by Gasteiger charge is -2.12. The van der Waals surface area contributed by atoms with Gasteiger partial charge in [0, 0.05) is 35.3 Å². The quantitative estimate of drug-likeness (QED) is 0.326. The third kappa shape index (κ3) is 6.23. The highest BCUT2D eigenvalue weighted by molar-refractivity contribution is 5.97. The van der Waals surface area contributed by atoms with Gasteiger partial charge in [0.2, 0.25) is 6.10 Å². The van der Waals surface area contributed by atoms with Crippen molar-refractivity contribution < 1.29 is 23.1 Å². The summed E-state index contributed by atoms with van der Waals surface area (Å²) in [5.41, 5.74) is 7.49. The van der Waals surface area contributed by atoms with Crippen LogP contribution >= 0.6 is 0 Å². The first-order chi connectivity index (χ1) is 14.9. The molecule has 3 aromatic rings. The topological polar surface area (TPSA) is 98.8 Å². The fraction of sp³-hybridized carbons (Fsp3) is 0.136. The number of benzene rings is 2. The van der Waals surface area contributed by atoms with E-state index in [1.165, 1.54) is 13.0 Å². The standard InChI is InChI=1S/C22H20F2N4O3/c1-14(22(29)27-17-7-8-19(23)20(24)11-17)31-28-21(25)16-5-2-6-18(10-16)30-13-15-4-3-9-26-12-15/h2-12,14H,13H2,1H3,(H2,25,28)(H,27,29). The van der Waals surface area contributed by atoms with Gasteiger partial charge < -0.3 is 20.6 Å². The second-order valence-corrected chi connectivity index (χ2v) is 6.52. The van der Waals surface area contributed by atoms with Crippen LogP contribution in [-0.4, -0.2) is 22.8 Å². The lowest BCUT2D eigenvalue weighted by molar-refractivity contribution is -0.126. The fourth-order valence-corrected chi connectivity index (χ4v) is 2.45. The van der Waals surface area contributed by atoms with Gasteiger partial charge in [0.25, 0.3) is 5.91 Å². The first kappa shape index (κ1) is 21.7. The number of oxime groups is 1. The number of anilines is 1. The number of pyridine rings is 1. The molecule has 1 atom stereocenters. The third-order valence-corrected chi connectivity index (χ3v) is 4.12. The number of amidine groups is 1. The van der Waals surface area contributed by atoms with Crippen molar-refractivity contribution in [2.24, 2.45) is 10.9 Å². The maximum atomic E-state index is 13.2. The van der Waals surface area contributed by atoms with Crippen molar-refractivity contribution in [2.45, 2.75) is 19.6 Å². The van der Waals surface area contributed by atoms with Crippen molar-refractivity contribution in [3.63, 3.8) is 0 Å². The zero-order valence-electron chi connectivity index (χ0n) is 16.6. The van der Waals surface area contributed by atoms with Crippen molar-refractivity contribution >= 4 is 17.4 Å². The van der Waals surface area contributed by atoms with Crippen LogP contribution in [0.1, 0.15) is 18.1 Å². The van der Waals surface area contributed by atoms with Crippen molar-refractivity contribution in [3.05, 3.63) is 89.8 Å². The van der Waals surface area contributed by atoms with Crippen LogP contribution < -0.4 is 15.8 Å². The summed E-state index contributed by atoms with van der Waals surface area (Å²) in [5.74, 6) is -2.07.